The van der Waals surface area contributed by atoms with E-state index in [2.05, 4.69) is 5.32 Å². The second-order valence-electron chi connectivity index (χ2n) is 8.10. The molecule has 1 saturated heterocycles. The number of carbonyl (C=O) groups is 3. The number of halogens is 3. The summed E-state index contributed by atoms with van der Waals surface area (Å²) in [5, 5.41) is 9.96. The molecule has 1 fully saturated rings. The third-order valence-electron chi connectivity index (χ3n) is 5.21. The molecule has 1 amide bonds. The number of hydrogen-bond donors (Lipinski definition) is 3. The molecule has 1 aliphatic heterocycles. The van der Waals surface area contributed by atoms with Crippen molar-refractivity contribution in [1.82, 2.24) is 5.32 Å². The fourth-order valence-electron chi connectivity index (χ4n) is 3.07. The molecule has 11 heteroatoms. The van der Waals surface area contributed by atoms with Crippen LogP contribution in [-0.2, 0) is 32.0 Å². The molecule has 2 aromatic rings. The van der Waals surface area contributed by atoms with Crippen LogP contribution in [0.15, 0.2) is 54.6 Å². The average molecular weight is 496 g/mol. The summed E-state index contributed by atoms with van der Waals surface area (Å²) in [5.74, 6) is -2.49. The molecule has 2 aromatic carbocycles. The van der Waals surface area contributed by atoms with Crippen LogP contribution in [0, 0.1) is 0 Å². The normalized spacial score (nSPS) is 18.3. The zero-order valence-electron chi connectivity index (χ0n) is 19.2. The lowest BCUT2D eigenvalue weighted by atomic mass is 9.94. The fraction of sp³-hybridized carbons (Fsp3) is 0.375. The molecule has 0 saturated carbocycles. The summed E-state index contributed by atoms with van der Waals surface area (Å²) in [6.45, 7) is 2.13. The fourth-order valence-corrected chi connectivity index (χ4v) is 3.07. The number of nitrogens with two attached hydrogens (primary N) is 1. The van der Waals surface area contributed by atoms with E-state index in [-0.39, 0.29) is 11.7 Å². The summed E-state index contributed by atoms with van der Waals surface area (Å²) in [5.41, 5.74) is 7.18. The Labute approximate surface area is 200 Å². The van der Waals surface area contributed by atoms with Crippen LogP contribution >= 0.6 is 0 Å². The first-order chi connectivity index (χ1) is 16.4. The Bertz CT molecular complexity index is 1010. The number of methoxy groups -OCH3 is 1. The predicted molar refractivity (Wildman–Crippen MR) is 120 cm³/mol. The van der Waals surface area contributed by atoms with Gasteiger partial charge in [0.25, 0.3) is 0 Å². The zero-order valence-corrected chi connectivity index (χ0v) is 19.2. The lowest BCUT2D eigenvalue weighted by Gasteiger charge is -2.22. The molecular weight excluding hydrogens is 469 g/mol. The molecule has 0 bridgehead atoms. The number of rotatable bonds is 9. The first kappa shape index (κ1) is 27.8. The average Bonchev–Trinajstić information content (AvgIpc) is 3.57. The summed E-state index contributed by atoms with van der Waals surface area (Å²) in [7, 11) is 1.60. The Morgan fingerprint density at radius 3 is 2.06 bits per heavy atom. The molecule has 0 aliphatic carbocycles. The third-order valence-corrected chi connectivity index (χ3v) is 5.21. The molecule has 190 valence electrons. The van der Waals surface area contributed by atoms with E-state index < -0.39 is 29.8 Å². The standard InChI is InChI=1S/C22H26N2O4.C2HF3O2/c1-22(14-28-22)20(25)19(13-15-6-4-3-5-7-15)24-21(26)18(23)12-16-8-10-17(27-2)11-9-16;3-2(4,5)1(6)7/h3-11,18-19H,12-14,23H2,1-2H3,(H,24,26);(H,6,7)/t18-,19-,22+;/m0./s1. The Morgan fingerprint density at radius 2 is 1.60 bits per heavy atom. The minimum Gasteiger partial charge on any atom is -0.497 e. The Kier molecular flexibility index (Phi) is 9.38. The van der Waals surface area contributed by atoms with E-state index in [1.807, 2.05) is 54.6 Å². The maximum Gasteiger partial charge on any atom is 0.490 e. The van der Waals surface area contributed by atoms with Gasteiger partial charge in [0.2, 0.25) is 5.91 Å². The Hall–Kier alpha value is -3.44. The van der Waals surface area contributed by atoms with Crippen molar-refractivity contribution in [3.8, 4) is 5.75 Å². The first-order valence-corrected chi connectivity index (χ1v) is 10.6. The molecule has 3 rings (SSSR count). The number of carbonyl (C=O) groups excluding carboxylic acids is 2. The van der Waals surface area contributed by atoms with Crippen molar-refractivity contribution in [2.75, 3.05) is 13.7 Å². The van der Waals surface area contributed by atoms with Crippen molar-refractivity contribution in [1.29, 1.82) is 0 Å². The van der Waals surface area contributed by atoms with E-state index in [1.165, 1.54) is 0 Å². The highest BCUT2D eigenvalue weighted by Gasteiger charge is 2.50. The Balaban J connectivity index is 0.000000540. The predicted octanol–water partition coefficient (Wildman–Crippen LogP) is 2.28. The van der Waals surface area contributed by atoms with Gasteiger partial charge in [-0.2, -0.15) is 13.2 Å². The van der Waals surface area contributed by atoms with Crippen LogP contribution in [0.5, 0.6) is 5.75 Å². The van der Waals surface area contributed by atoms with Crippen molar-refractivity contribution >= 4 is 17.7 Å². The maximum atomic E-state index is 12.8. The number of ketones is 1. The molecule has 0 radical (unpaired) electrons. The van der Waals surface area contributed by atoms with Gasteiger partial charge >= 0.3 is 12.1 Å². The van der Waals surface area contributed by atoms with Crippen LogP contribution in [-0.4, -0.2) is 60.3 Å². The van der Waals surface area contributed by atoms with E-state index >= 15 is 0 Å². The number of Topliss-reactive ketones (excluding diaryl/α,β-unsaturated/α-hetero) is 1. The summed E-state index contributed by atoms with van der Waals surface area (Å²) in [6, 6.07) is 15.5. The number of carboxylic acid groups (broad SMARTS) is 1. The molecule has 0 unspecified atom stereocenters. The second kappa shape index (κ2) is 11.8. The number of benzene rings is 2. The molecule has 3 atom stereocenters. The SMILES string of the molecule is COc1ccc(C[C@H](N)C(=O)N[C@@H](Cc2ccccc2)C(=O)[C@@]2(C)CO2)cc1.O=C(O)C(F)(F)F. The number of aliphatic carboxylic acids is 1. The molecule has 1 aliphatic rings. The highest BCUT2D eigenvalue weighted by molar-refractivity contribution is 5.97. The van der Waals surface area contributed by atoms with Gasteiger partial charge < -0.3 is 25.6 Å². The first-order valence-electron chi connectivity index (χ1n) is 10.6. The number of nitrogens with one attached hydrogen (secondary N) is 1. The van der Waals surface area contributed by atoms with Crippen molar-refractivity contribution in [3.63, 3.8) is 0 Å². The molecule has 1 heterocycles. The summed E-state index contributed by atoms with van der Waals surface area (Å²) in [4.78, 5) is 34.4. The summed E-state index contributed by atoms with van der Waals surface area (Å²) in [6.07, 6.45) is -4.31. The van der Waals surface area contributed by atoms with E-state index in [9.17, 15) is 22.8 Å². The number of alkyl halides is 3. The minimum absolute atomic E-state index is 0.124. The van der Waals surface area contributed by atoms with Gasteiger partial charge in [-0.3, -0.25) is 9.59 Å². The van der Waals surface area contributed by atoms with Gasteiger partial charge in [0.15, 0.2) is 5.78 Å². The summed E-state index contributed by atoms with van der Waals surface area (Å²) < 4.78 is 42.2. The van der Waals surface area contributed by atoms with Crippen molar-refractivity contribution in [2.24, 2.45) is 5.73 Å². The number of epoxide rings is 1. The van der Waals surface area contributed by atoms with E-state index in [0.717, 1.165) is 16.9 Å². The van der Waals surface area contributed by atoms with E-state index in [0.29, 0.717) is 19.4 Å². The van der Waals surface area contributed by atoms with Crippen LogP contribution in [0.1, 0.15) is 18.1 Å². The van der Waals surface area contributed by atoms with E-state index in [1.54, 1.807) is 14.0 Å². The molecule has 0 spiro atoms. The number of ether oxygens (including phenoxy) is 2. The molecule has 8 nitrogen and oxygen atoms in total. The molecular formula is C24H27F3N2O6. The molecule has 0 aromatic heterocycles. The van der Waals surface area contributed by atoms with Crippen LogP contribution < -0.4 is 15.8 Å². The lowest BCUT2D eigenvalue weighted by Crippen LogP contribution is -2.52. The van der Waals surface area contributed by atoms with Crippen LogP contribution in [0.3, 0.4) is 0 Å². The monoisotopic (exact) mass is 496 g/mol. The summed E-state index contributed by atoms with van der Waals surface area (Å²) >= 11 is 0. The smallest absolute Gasteiger partial charge is 0.490 e. The quantitative estimate of drug-likeness (QED) is 0.454. The minimum atomic E-state index is -5.08. The zero-order chi connectivity index (χ0) is 26.2. The number of amides is 1. The maximum absolute atomic E-state index is 12.8. The van der Waals surface area contributed by atoms with Crippen LogP contribution in [0.2, 0.25) is 0 Å². The topological polar surface area (TPSA) is 131 Å². The third kappa shape index (κ3) is 8.69. The number of carboxylic acids is 1. The Morgan fingerprint density at radius 1 is 1.09 bits per heavy atom. The molecule has 35 heavy (non-hydrogen) atoms. The highest BCUT2D eigenvalue weighted by Crippen LogP contribution is 2.29. The van der Waals surface area contributed by atoms with Gasteiger partial charge in [-0.25, -0.2) is 4.79 Å². The second-order valence-corrected chi connectivity index (χ2v) is 8.10. The van der Waals surface area contributed by atoms with Crippen molar-refractivity contribution in [3.05, 3.63) is 65.7 Å². The highest BCUT2D eigenvalue weighted by atomic mass is 19.4. The van der Waals surface area contributed by atoms with Gasteiger partial charge in [0.1, 0.15) is 11.4 Å². The van der Waals surface area contributed by atoms with Gasteiger partial charge in [-0.1, -0.05) is 42.5 Å². The van der Waals surface area contributed by atoms with Gasteiger partial charge in [0.05, 0.1) is 25.8 Å². The van der Waals surface area contributed by atoms with Gasteiger partial charge in [0, 0.05) is 0 Å². The number of hydrogen-bond acceptors (Lipinski definition) is 6. The molecule has 4 N–H and O–H groups in total. The lowest BCUT2D eigenvalue weighted by molar-refractivity contribution is -0.192. The van der Waals surface area contributed by atoms with Crippen LogP contribution in [0.4, 0.5) is 13.2 Å². The van der Waals surface area contributed by atoms with Crippen molar-refractivity contribution in [2.45, 2.75) is 43.6 Å². The largest absolute Gasteiger partial charge is 0.497 e. The van der Waals surface area contributed by atoms with Crippen molar-refractivity contribution < 1.29 is 42.1 Å². The van der Waals surface area contributed by atoms with Crippen LogP contribution in [0.25, 0.3) is 0 Å². The van der Waals surface area contributed by atoms with E-state index in [4.69, 9.17) is 25.1 Å². The van der Waals surface area contributed by atoms with Gasteiger partial charge in [-0.15, -0.1) is 0 Å². The van der Waals surface area contributed by atoms with Gasteiger partial charge in [-0.05, 0) is 43.0 Å².